The van der Waals surface area contributed by atoms with E-state index in [0.717, 1.165) is 23.7 Å². The van der Waals surface area contributed by atoms with E-state index in [1.54, 1.807) is 0 Å². The van der Waals surface area contributed by atoms with E-state index in [2.05, 4.69) is 19.2 Å². The Balaban J connectivity index is 1.92. The number of nitrogens with one attached hydrogen (secondary N) is 1. The first kappa shape index (κ1) is 11.4. The highest BCUT2D eigenvalue weighted by molar-refractivity contribution is 4.85. The summed E-state index contributed by atoms with van der Waals surface area (Å²) in [6.45, 7) is 7.32. The Morgan fingerprint density at radius 3 is 2.53 bits per heavy atom. The Morgan fingerprint density at radius 2 is 1.87 bits per heavy atom. The van der Waals surface area contributed by atoms with E-state index in [1.807, 2.05) is 0 Å². The second-order valence-corrected chi connectivity index (χ2v) is 6.09. The van der Waals surface area contributed by atoms with Crippen molar-refractivity contribution in [2.45, 2.75) is 52.4 Å². The first-order valence-corrected chi connectivity index (χ1v) is 6.98. The van der Waals surface area contributed by atoms with Crippen molar-refractivity contribution in [1.82, 2.24) is 5.32 Å². The summed E-state index contributed by atoms with van der Waals surface area (Å²) in [5.74, 6) is 3.98. The summed E-state index contributed by atoms with van der Waals surface area (Å²) in [5, 5.41) is 3.59. The molecule has 2 aliphatic rings. The molecule has 0 aromatic rings. The molecule has 1 aliphatic carbocycles. The molecule has 2 unspecified atom stereocenters. The van der Waals surface area contributed by atoms with Crippen molar-refractivity contribution in [3.63, 3.8) is 0 Å². The minimum atomic E-state index is 0.874. The zero-order chi connectivity index (χ0) is 10.7. The van der Waals surface area contributed by atoms with E-state index in [4.69, 9.17) is 0 Å². The Bertz CT molecular complexity index is 182. The average molecular weight is 209 g/mol. The van der Waals surface area contributed by atoms with Crippen LogP contribution in [0, 0.1) is 23.7 Å². The van der Waals surface area contributed by atoms with Gasteiger partial charge in [0.25, 0.3) is 0 Å². The van der Waals surface area contributed by atoms with Crippen LogP contribution in [0.15, 0.2) is 0 Å². The largest absolute Gasteiger partial charge is 0.316 e. The van der Waals surface area contributed by atoms with E-state index < -0.39 is 0 Å². The van der Waals surface area contributed by atoms with Gasteiger partial charge in [-0.15, -0.1) is 0 Å². The van der Waals surface area contributed by atoms with Crippen LogP contribution >= 0.6 is 0 Å². The number of hydrogen-bond donors (Lipinski definition) is 1. The van der Waals surface area contributed by atoms with Gasteiger partial charge < -0.3 is 5.32 Å². The molecule has 2 rings (SSSR count). The van der Waals surface area contributed by atoms with Crippen molar-refractivity contribution in [2.24, 2.45) is 23.7 Å². The third kappa shape index (κ3) is 2.96. The van der Waals surface area contributed by atoms with Crippen LogP contribution in [0.3, 0.4) is 0 Å². The van der Waals surface area contributed by atoms with Crippen molar-refractivity contribution < 1.29 is 0 Å². The normalized spacial score (nSPS) is 33.8. The molecule has 1 heterocycles. The standard InChI is InChI=1S/C14H27N/c1-11(2)9-13-10-15-8-7-14(13)12-5-3-4-6-12/h11-15H,3-10H2,1-2H3. The quantitative estimate of drug-likeness (QED) is 0.750. The Morgan fingerprint density at radius 1 is 1.13 bits per heavy atom. The monoisotopic (exact) mass is 209 g/mol. The molecule has 0 amide bonds. The van der Waals surface area contributed by atoms with E-state index in [-0.39, 0.29) is 0 Å². The SMILES string of the molecule is CC(C)CC1CNCCC1C1CCCC1. The van der Waals surface area contributed by atoms with Crippen molar-refractivity contribution >= 4 is 0 Å². The molecule has 1 aliphatic heterocycles. The zero-order valence-electron chi connectivity index (χ0n) is 10.5. The van der Waals surface area contributed by atoms with Gasteiger partial charge in [-0.1, -0.05) is 39.5 Å². The third-order valence-electron chi connectivity index (χ3n) is 4.45. The molecule has 1 saturated carbocycles. The van der Waals surface area contributed by atoms with Gasteiger partial charge in [-0.2, -0.15) is 0 Å². The first-order valence-electron chi connectivity index (χ1n) is 6.98. The fraction of sp³-hybridized carbons (Fsp3) is 1.00. The first-order chi connectivity index (χ1) is 7.27. The van der Waals surface area contributed by atoms with Crippen LogP contribution in [0.4, 0.5) is 0 Å². The number of hydrogen-bond acceptors (Lipinski definition) is 1. The maximum absolute atomic E-state index is 3.59. The van der Waals surface area contributed by atoms with Gasteiger partial charge in [0.15, 0.2) is 0 Å². The summed E-state index contributed by atoms with van der Waals surface area (Å²) >= 11 is 0. The maximum atomic E-state index is 3.59. The van der Waals surface area contributed by atoms with Gasteiger partial charge in [-0.3, -0.25) is 0 Å². The Labute approximate surface area is 95.0 Å². The van der Waals surface area contributed by atoms with Crippen LogP contribution < -0.4 is 5.32 Å². The molecule has 0 aromatic heterocycles. The molecule has 1 saturated heterocycles. The van der Waals surface area contributed by atoms with Gasteiger partial charge in [0.05, 0.1) is 0 Å². The van der Waals surface area contributed by atoms with E-state index in [9.17, 15) is 0 Å². The summed E-state index contributed by atoms with van der Waals surface area (Å²) in [6.07, 6.45) is 8.95. The second-order valence-electron chi connectivity index (χ2n) is 6.09. The van der Waals surface area contributed by atoms with Crippen LogP contribution in [0.5, 0.6) is 0 Å². The topological polar surface area (TPSA) is 12.0 Å². The molecule has 0 bridgehead atoms. The summed E-state index contributed by atoms with van der Waals surface area (Å²) in [4.78, 5) is 0. The lowest BCUT2D eigenvalue weighted by molar-refractivity contribution is 0.154. The minimum absolute atomic E-state index is 0.874. The summed E-state index contributed by atoms with van der Waals surface area (Å²) in [5.41, 5.74) is 0. The van der Waals surface area contributed by atoms with Gasteiger partial charge >= 0.3 is 0 Å². The van der Waals surface area contributed by atoms with Crippen LogP contribution in [0.2, 0.25) is 0 Å². The van der Waals surface area contributed by atoms with Gasteiger partial charge in [-0.05, 0) is 49.6 Å². The lowest BCUT2D eigenvalue weighted by Gasteiger charge is -2.37. The fourth-order valence-corrected chi connectivity index (χ4v) is 3.81. The maximum Gasteiger partial charge on any atom is -0.00177 e. The van der Waals surface area contributed by atoms with Crippen molar-refractivity contribution in [3.8, 4) is 0 Å². The highest BCUT2D eigenvalue weighted by Gasteiger charge is 2.33. The van der Waals surface area contributed by atoms with E-state index >= 15 is 0 Å². The molecular formula is C14H27N. The van der Waals surface area contributed by atoms with Gasteiger partial charge in [0.1, 0.15) is 0 Å². The van der Waals surface area contributed by atoms with E-state index in [0.29, 0.717) is 0 Å². The lowest BCUT2D eigenvalue weighted by atomic mass is 9.73. The molecular weight excluding hydrogens is 182 g/mol. The van der Waals surface area contributed by atoms with Crippen molar-refractivity contribution in [3.05, 3.63) is 0 Å². The lowest BCUT2D eigenvalue weighted by Crippen LogP contribution is -2.40. The Hall–Kier alpha value is -0.0400. The van der Waals surface area contributed by atoms with Crippen LogP contribution in [-0.4, -0.2) is 13.1 Å². The molecule has 0 spiro atoms. The summed E-state index contributed by atoms with van der Waals surface area (Å²) in [7, 11) is 0. The van der Waals surface area contributed by atoms with Gasteiger partial charge in [0, 0.05) is 0 Å². The average Bonchev–Trinajstić information content (AvgIpc) is 2.70. The fourth-order valence-electron chi connectivity index (χ4n) is 3.81. The third-order valence-corrected chi connectivity index (χ3v) is 4.45. The minimum Gasteiger partial charge on any atom is -0.316 e. The van der Waals surface area contributed by atoms with Crippen molar-refractivity contribution in [1.29, 1.82) is 0 Å². The van der Waals surface area contributed by atoms with Crippen LogP contribution in [-0.2, 0) is 0 Å². The highest BCUT2D eigenvalue weighted by Crippen LogP contribution is 2.40. The molecule has 1 nitrogen and oxygen atoms in total. The van der Waals surface area contributed by atoms with Gasteiger partial charge in [0.2, 0.25) is 0 Å². The van der Waals surface area contributed by atoms with Gasteiger partial charge in [-0.25, -0.2) is 0 Å². The predicted octanol–water partition coefficient (Wildman–Crippen LogP) is 3.45. The molecule has 88 valence electrons. The van der Waals surface area contributed by atoms with Crippen LogP contribution in [0.1, 0.15) is 52.4 Å². The molecule has 15 heavy (non-hydrogen) atoms. The predicted molar refractivity (Wildman–Crippen MR) is 65.9 cm³/mol. The summed E-state index contributed by atoms with van der Waals surface area (Å²) in [6, 6.07) is 0. The van der Waals surface area contributed by atoms with Crippen molar-refractivity contribution in [2.75, 3.05) is 13.1 Å². The zero-order valence-corrected chi connectivity index (χ0v) is 10.5. The molecule has 2 fully saturated rings. The molecule has 1 heteroatoms. The molecule has 2 atom stereocenters. The molecule has 1 N–H and O–H groups in total. The molecule has 0 radical (unpaired) electrons. The Kier molecular flexibility index (Phi) is 4.07. The number of piperidine rings is 1. The number of rotatable bonds is 3. The van der Waals surface area contributed by atoms with Crippen LogP contribution in [0.25, 0.3) is 0 Å². The molecule has 0 aromatic carbocycles. The smallest absolute Gasteiger partial charge is 0.00177 e. The summed E-state index contributed by atoms with van der Waals surface area (Å²) < 4.78 is 0. The van der Waals surface area contributed by atoms with E-state index in [1.165, 1.54) is 51.6 Å². The highest BCUT2D eigenvalue weighted by atomic mass is 14.9. The second kappa shape index (κ2) is 5.34.